The van der Waals surface area contributed by atoms with Crippen LogP contribution in [0.1, 0.15) is 25.7 Å². The molecule has 3 aromatic carbocycles. The third kappa shape index (κ3) is 4.38. The van der Waals surface area contributed by atoms with Crippen molar-refractivity contribution in [3.8, 4) is 11.4 Å². The highest BCUT2D eigenvalue weighted by Gasteiger charge is 2.30. The second-order valence-electron chi connectivity index (χ2n) is 7.68. The first-order valence-corrected chi connectivity index (χ1v) is 13.0. The maximum Gasteiger partial charge on any atom is 0.266 e. The van der Waals surface area contributed by atoms with Crippen molar-refractivity contribution in [1.29, 1.82) is 0 Å². The molecule has 0 amide bonds. The second kappa shape index (κ2) is 9.69. The Morgan fingerprint density at radius 2 is 1.68 bits per heavy atom. The molecular weight excluding hydrogens is 518 g/mol. The van der Waals surface area contributed by atoms with Crippen LogP contribution in [0, 0.1) is 0 Å². The molecule has 9 heteroatoms. The Labute approximate surface area is 206 Å². The molecule has 0 saturated heterocycles. The van der Waals surface area contributed by atoms with E-state index in [1.54, 1.807) is 61.5 Å². The molecular formula is C25H24BrN3O4S. The van der Waals surface area contributed by atoms with E-state index in [2.05, 4.69) is 15.9 Å². The van der Waals surface area contributed by atoms with Gasteiger partial charge in [-0.25, -0.2) is 13.4 Å². The molecule has 0 N–H and O–H groups in total. The van der Waals surface area contributed by atoms with Gasteiger partial charge in [-0.05, 0) is 62.4 Å². The molecule has 1 atom stereocenters. The van der Waals surface area contributed by atoms with E-state index < -0.39 is 16.1 Å². The summed E-state index contributed by atoms with van der Waals surface area (Å²) in [5.41, 5.74) is 0.701. The Balaban J connectivity index is 1.94. The van der Waals surface area contributed by atoms with E-state index in [1.807, 2.05) is 13.0 Å². The Bertz CT molecular complexity index is 1500. The quantitative estimate of drug-likeness (QED) is 0.331. The van der Waals surface area contributed by atoms with Crippen LogP contribution in [0.3, 0.4) is 0 Å². The Morgan fingerprint density at radius 1 is 1.03 bits per heavy atom. The maximum atomic E-state index is 13.7. The summed E-state index contributed by atoms with van der Waals surface area (Å²) in [5, 5.41) is 0.433. The number of fused-ring (bicyclic) bond motifs is 1. The predicted octanol–water partition coefficient (Wildman–Crippen LogP) is 4.93. The molecule has 0 bridgehead atoms. The third-order valence-electron chi connectivity index (χ3n) is 5.62. The molecule has 0 aliphatic carbocycles. The summed E-state index contributed by atoms with van der Waals surface area (Å²) < 4.78 is 36.0. The van der Waals surface area contributed by atoms with Gasteiger partial charge in [-0.2, -0.15) is 4.31 Å². The number of sulfonamides is 1. The molecule has 1 heterocycles. The largest absolute Gasteiger partial charge is 0.492 e. The lowest BCUT2D eigenvalue weighted by Gasteiger charge is -2.27. The van der Waals surface area contributed by atoms with Gasteiger partial charge >= 0.3 is 0 Å². The fourth-order valence-corrected chi connectivity index (χ4v) is 5.31. The average molecular weight is 542 g/mol. The van der Waals surface area contributed by atoms with Crippen LogP contribution in [-0.2, 0) is 10.0 Å². The van der Waals surface area contributed by atoms with E-state index in [1.165, 1.54) is 28.1 Å². The molecule has 34 heavy (non-hydrogen) atoms. The Kier molecular flexibility index (Phi) is 6.88. The first kappa shape index (κ1) is 24.1. The molecule has 4 rings (SSSR count). The number of nitrogens with zero attached hydrogens (tertiary/aromatic N) is 3. The summed E-state index contributed by atoms with van der Waals surface area (Å²) >= 11 is 3.33. The minimum atomic E-state index is -3.86. The van der Waals surface area contributed by atoms with Crippen molar-refractivity contribution in [1.82, 2.24) is 13.9 Å². The highest BCUT2D eigenvalue weighted by molar-refractivity contribution is 9.10. The van der Waals surface area contributed by atoms with Crippen molar-refractivity contribution in [3.63, 3.8) is 0 Å². The van der Waals surface area contributed by atoms with Gasteiger partial charge in [0.1, 0.15) is 11.6 Å². The van der Waals surface area contributed by atoms with Crippen LogP contribution in [0.4, 0.5) is 0 Å². The number of halogens is 1. The maximum absolute atomic E-state index is 13.7. The highest BCUT2D eigenvalue weighted by atomic mass is 79.9. The lowest BCUT2D eigenvalue weighted by Crippen LogP contribution is -2.35. The van der Waals surface area contributed by atoms with Crippen molar-refractivity contribution >= 4 is 36.9 Å². The lowest BCUT2D eigenvalue weighted by atomic mass is 10.2. The van der Waals surface area contributed by atoms with Crippen LogP contribution < -0.4 is 10.3 Å². The summed E-state index contributed by atoms with van der Waals surface area (Å²) in [5.74, 6) is 0.801. The SMILES string of the molecule is CCOc1ccccc1-n1c(C(C)N(C)S(=O)(=O)c2ccc(Br)cc2)nc2ccccc2c1=O. The Hall–Kier alpha value is -3.01. The van der Waals surface area contributed by atoms with E-state index in [-0.39, 0.29) is 10.5 Å². The van der Waals surface area contributed by atoms with Gasteiger partial charge in [-0.1, -0.05) is 40.2 Å². The molecule has 0 spiro atoms. The van der Waals surface area contributed by atoms with Crippen LogP contribution in [0.25, 0.3) is 16.6 Å². The molecule has 0 fully saturated rings. The molecule has 0 aliphatic rings. The highest BCUT2D eigenvalue weighted by Crippen LogP contribution is 2.30. The third-order valence-corrected chi connectivity index (χ3v) is 8.09. The molecule has 7 nitrogen and oxygen atoms in total. The zero-order valence-electron chi connectivity index (χ0n) is 19.0. The van der Waals surface area contributed by atoms with Gasteiger partial charge in [0.25, 0.3) is 5.56 Å². The molecule has 4 aromatic rings. The standard InChI is InChI=1S/C25H24BrN3O4S/c1-4-33-23-12-8-7-11-22(23)29-24(27-21-10-6-5-9-20(21)25(29)30)17(2)28(3)34(31,32)19-15-13-18(26)14-16-19/h5-17H,4H2,1-3H3. The second-order valence-corrected chi connectivity index (χ2v) is 10.6. The van der Waals surface area contributed by atoms with Gasteiger partial charge in [-0.15, -0.1) is 0 Å². The molecule has 1 aromatic heterocycles. The molecule has 0 radical (unpaired) electrons. The number of ether oxygens (including phenoxy) is 1. The lowest BCUT2D eigenvalue weighted by molar-refractivity contribution is 0.337. The minimum absolute atomic E-state index is 0.148. The van der Waals surface area contributed by atoms with Crippen molar-refractivity contribution < 1.29 is 13.2 Å². The average Bonchev–Trinajstić information content (AvgIpc) is 2.84. The van der Waals surface area contributed by atoms with Crippen LogP contribution in [0.15, 0.2) is 87.0 Å². The van der Waals surface area contributed by atoms with Crippen LogP contribution >= 0.6 is 15.9 Å². The molecule has 1 unspecified atom stereocenters. The molecule has 0 saturated carbocycles. The number of benzene rings is 3. The van der Waals surface area contributed by atoms with E-state index in [0.29, 0.717) is 34.8 Å². The first-order valence-electron chi connectivity index (χ1n) is 10.7. The van der Waals surface area contributed by atoms with Crippen molar-refractivity contribution in [3.05, 3.63) is 93.4 Å². The predicted molar refractivity (Wildman–Crippen MR) is 136 cm³/mol. The Morgan fingerprint density at radius 3 is 2.38 bits per heavy atom. The first-order chi connectivity index (χ1) is 16.3. The van der Waals surface area contributed by atoms with Gasteiger partial charge in [0, 0.05) is 11.5 Å². The summed E-state index contributed by atoms with van der Waals surface area (Å²) in [6.07, 6.45) is 0. The van der Waals surface area contributed by atoms with Crippen molar-refractivity contribution in [2.75, 3.05) is 13.7 Å². The summed E-state index contributed by atoms with van der Waals surface area (Å²) in [6.45, 7) is 3.99. The topological polar surface area (TPSA) is 81.5 Å². The van der Waals surface area contributed by atoms with Gasteiger partial charge < -0.3 is 4.74 Å². The number of rotatable bonds is 7. The fraction of sp³-hybridized carbons (Fsp3) is 0.200. The van der Waals surface area contributed by atoms with E-state index >= 15 is 0 Å². The monoisotopic (exact) mass is 541 g/mol. The van der Waals surface area contributed by atoms with E-state index in [9.17, 15) is 13.2 Å². The van der Waals surface area contributed by atoms with Crippen LogP contribution in [0.5, 0.6) is 5.75 Å². The normalized spacial score (nSPS) is 12.7. The van der Waals surface area contributed by atoms with Gasteiger partial charge in [0.2, 0.25) is 10.0 Å². The van der Waals surface area contributed by atoms with Crippen LogP contribution in [-0.4, -0.2) is 35.9 Å². The van der Waals surface area contributed by atoms with Gasteiger partial charge in [-0.3, -0.25) is 9.36 Å². The number of aromatic nitrogens is 2. The fourth-order valence-electron chi connectivity index (χ4n) is 3.73. The number of para-hydroxylation sites is 3. The molecule has 0 aliphatic heterocycles. The smallest absolute Gasteiger partial charge is 0.266 e. The number of hydrogen-bond donors (Lipinski definition) is 0. The zero-order valence-corrected chi connectivity index (χ0v) is 21.4. The van der Waals surface area contributed by atoms with Crippen LogP contribution in [0.2, 0.25) is 0 Å². The van der Waals surface area contributed by atoms with E-state index in [4.69, 9.17) is 9.72 Å². The number of hydrogen-bond acceptors (Lipinski definition) is 5. The minimum Gasteiger partial charge on any atom is -0.492 e. The zero-order chi connectivity index (χ0) is 24.5. The van der Waals surface area contributed by atoms with Gasteiger partial charge in [0.05, 0.1) is 34.1 Å². The summed E-state index contributed by atoms with van der Waals surface area (Å²) in [4.78, 5) is 18.6. The van der Waals surface area contributed by atoms with Gasteiger partial charge in [0.15, 0.2) is 0 Å². The summed E-state index contributed by atoms with van der Waals surface area (Å²) in [6, 6.07) is 19.8. The molecule has 176 valence electrons. The van der Waals surface area contributed by atoms with E-state index in [0.717, 1.165) is 4.47 Å². The van der Waals surface area contributed by atoms with Crippen molar-refractivity contribution in [2.24, 2.45) is 0 Å². The summed E-state index contributed by atoms with van der Waals surface area (Å²) in [7, 11) is -2.37. The van der Waals surface area contributed by atoms with Crippen molar-refractivity contribution in [2.45, 2.75) is 24.8 Å².